The maximum atomic E-state index is 4.36. The first-order valence-electron chi connectivity index (χ1n) is 7.63. The summed E-state index contributed by atoms with van der Waals surface area (Å²) in [5.41, 5.74) is 1.71. The number of nitrogens with zero attached hydrogens (tertiary/aromatic N) is 2. The molecule has 1 heterocycles. The molecular formula is C17H22N4S. The molecule has 1 aromatic carbocycles. The minimum atomic E-state index is 0.288. The van der Waals surface area contributed by atoms with Gasteiger partial charge in [-0.1, -0.05) is 30.3 Å². The topological polar surface area (TPSA) is 49.3 Å². The van der Waals surface area contributed by atoms with Crippen LogP contribution < -0.4 is 10.6 Å². The molecule has 0 spiro atoms. The van der Waals surface area contributed by atoms with Gasteiger partial charge in [-0.3, -0.25) is 4.99 Å². The fourth-order valence-electron chi connectivity index (χ4n) is 2.63. The zero-order valence-electron chi connectivity index (χ0n) is 13.1. The maximum Gasteiger partial charge on any atom is 0.191 e. The van der Waals surface area contributed by atoms with Crippen molar-refractivity contribution in [1.29, 1.82) is 0 Å². The van der Waals surface area contributed by atoms with Gasteiger partial charge in [0.25, 0.3) is 0 Å². The molecule has 4 nitrogen and oxygen atoms in total. The van der Waals surface area contributed by atoms with Crippen molar-refractivity contribution in [2.75, 3.05) is 13.6 Å². The van der Waals surface area contributed by atoms with Crippen molar-refractivity contribution in [3.8, 4) is 0 Å². The molecule has 2 aromatic rings. The van der Waals surface area contributed by atoms with E-state index in [1.807, 2.05) is 13.2 Å². The highest BCUT2D eigenvalue weighted by atomic mass is 32.1. The number of benzene rings is 1. The molecular weight excluding hydrogens is 292 g/mol. The average Bonchev–Trinajstić information content (AvgIpc) is 3.24. The Balaban J connectivity index is 1.53. The maximum absolute atomic E-state index is 4.36. The predicted molar refractivity (Wildman–Crippen MR) is 92.4 cm³/mol. The lowest BCUT2D eigenvalue weighted by atomic mass is 9.96. The third-order valence-corrected chi connectivity index (χ3v) is 5.05. The van der Waals surface area contributed by atoms with Gasteiger partial charge in [0.2, 0.25) is 0 Å². The summed E-state index contributed by atoms with van der Waals surface area (Å²) in [5.74, 6) is 0.843. The summed E-state index contributed by atoms with van der Waals surface area (Å²) in [6.07, 6.45) is 4.39. The number of aromatic nitrogens is 1. The summed E-state index contributed by atoms with van der Waals surface area (Å²) in [6, 6.07) is 10.8. The van der Waals surface area contributed by atoms with Crippen LogP contribution >= 0.6 is 11.3 Å². The Bertz CT molecular complexity index is 644. The zero-order valence-corrected chi connectivity index (χ0v) is 13.9. The Morgan fingerprint density at radius 3 is 2.64 bits per heavy atom. The fourth-order valence-corrected chi connectivity index (χ4v) is 3.35. The quantitative estimate of drug-likeness (QED) is 0.659. The van der Waals surface area contributed by atoms with E-state index in [0.29, 0.717) is 0 Å². The minimum Gasteiger partial charge on any atom is -0.356 e. The van der Waals surface area contributed by atoms with Crippen molar-refractivity contribution >= 4 is 17.3 Å². The average molecular weight is 314 g/mol. The van der Waals surface area contributed by atoms with Crippen molar-refractivity contribution in [3.05, 3.63) is 52.0 Å². The van der Waals surface area contributed by atoms with Gasteiger partial charge in [-0.2, -0.15) is 0 Å². The minimum absolute atomic E-state index is 0.288. The first kappa shape index (κ1) is 15.0. The summed E-state index contributed by atoms with van der Waals surface area (Å²) >= 11 is 1.72. The van der Waals surface area contributed by atoms with Crippen LogP contribution in [0.5, 0.6) is 0 Å². The summed E-state index contributed by atoms with van der Waals surface area (Å²) < 4.78 is 0. The molecule has 2 N–H and O–H groups in total. The van der Waals surface area contributed by atoms with E-state index in [-0.39, 0.29) is 5.41 Å². The van der Waals surface area contributed by atoms with Gasteiger partial charge in [-0.05, 0) is 25.3 Å². The van der Waals surface area contributed by atoms with Gasteiger partial charge in [-0.25, -0.2) is 4.98 Å². The normalized spacial score (nSPS) is 16.4. The Morgan fingerprint density at radius 2 is 2.05 bits per heavy atom. The number of nitrogens with one attached hydrogen (secondary N) is 2. The van der Waals surface area contributed by atoms with Gasteiger partial charge in [0.15, 0.2) is 5.96 Å². The van der Waals surface area contributed by atoms with Crippen LogP contribution in [0.4, 0.5) is 0 Å². The summed E-state index contributed by atoms with van der Waals surface area (Å²) in [5, 5.41) is 7.89. The van der Waals surface area contributed by atoms with Gasteiger partial charge < -0.3 is 10.6 Å². The molecule has 5 heteroatoms. The van der Waals surface area contributed by atoms with Gasteiger partial charge in [-0.15, -0.1) is 11.3 Å². The van der Waals surface area contributed by atoms with E-state index in [9.17, 15) is 0 Å². The van der Waals surface area contributed by atoms with E-state index in [1.165, 1.54) is 23.3 Å². The van der Waals surface area contributed by atoms with Crippen molar-refractivity contribution in [3.63, 3.8) is 0 Å². The molecule has 1 aromatic heterocycles. The third kappa shape index (κ3) is 3.47. The Kier molecular flexibility index (Phi) is 4.43. The summed E-state index contributed by atoms with van der Waals surface area (Å²) in [6.45, 7) is 3.72. The highest BCUT2D eigenvalue weighted by Gasteiger charge is 2.43. The van der Waals surface area contributed by atoms with Gasteiger partial charge in [0, 0.05) is 30.1 Å². The number of aryl methyl sites for hydroxylation is 1. The highest BCUT2D eigenvalue weighted by Crippen LogP contribution is 2.47. The number of rotatable bonds is 5. The van der Waals surface area contributed by atoms with E-state index in [2.05, 4.69) is 57.9 Å². The third-order valence-electron chi connectivity index (χ3n) is 4.13. The smallest absolute Gasteiger partial charge is 0.191 e. The number of hydrogen-bond donors (Lipinski definition) is 2. The number of thiazole rings is 1. The molecule has 0 aliphatic heterocycles. The number of aliphatic imine (C=N–C) groups is 1. The van der Waals surface area contributed by atoms with E-state index >= 15 is 0 Å². The van der Waals surface area contributed by atoms with Crippen LogP contribution in [0.25, 0.3) is 0 Å². The number of hydrogen-bond acceptors (Lipinski definition) is 3. The summed E-state index contributed by atoms with van der Waals surface area (Å²) in [7, 11) is 1.81. The van der Waals surface area contributed by atoms with Crippen molar-refractivity contribution in [1.82, 2.24) is 15.6 Å². The highest BCUT2D eigenvalue weighted by molar-refractivity contribution is 7.11. The molecule has 1 aliphatic carbocycles. The van der Waals surface area contributed by atoms with Gasteiger partial charge in [0.1, 0.15) is 5.01 Å². The van der Waals surface area contributed by atoms with E-state index in [4.69, 9.17) is 0 Å². The Hall–Kier alpha value is -1.88. The van der Waals surface area contributed by atoms with Crippen molar-refractivity contribution < 1.29 is 0 Å². The van der Waals surface area contributed by atoms with Crippen LogP contribution in [0.2, 0.25) is 0 Å². The SMILES string of the molecule is CN=C(NCc1ncc(C)s1)NCC1(c2ccccc2)CC1. The largest absolute Gasteiger partial charge is 0.356 e. The monoisotopic (exact) mass is 314 g/mol. The molecule has 0 atom stereocenters. The van der Waals surface area contributed by atoms with Gasteiger partial charge in [0.05, 0.1) is 6.54 Å². The molecule has 1 saturated carbocycles. The molecule has 0 radical (unpaired) electrons. The van der Waals surface area contributed by atoms with Crippen LogP contribution in [-0.4, -0.2) is 24.5 Å². The lowest BCUT2D eigenvalue weighted by molar-refractivity contribution is 0.645. The predicted octanol–water partition coefficient (Wildman–Crippen LogP) is 2.85. The number of guanidine groups is 1. The fraction of sp³-hybridized carbons (Fsp3) is 0.412. The van der Waals surface area contributed by atoms with E-state index in [1.54, 1.807) is 11.3 Å². The van der Waals surface area contributed by atoms with Crippen molar-refractivity contribution in [2.45, 2.75) is 31.7 Å². The second-order valence-electron chi connectivity index (χ2n) is 5.79. The van der Waals surface area contributed by atoms with E-state index < -0.39 is 0 Å². The van der Waals surface area contributed by atoms with Crippen LogP contribution in [0, 0.1) is 6.92 Å². The molecule has 0 bridgehead atoms. The van der Waals surface area contributed by atoms with Crippen molar-refractivity contribution in [2.24, 2.45) is 4.99 Å². The molecule has 22 heavy (non-hydrogen) atoms. The first-order valence-corrected chi connectivity index (χ1v) is 8.45. The van der Waals surface area contributed by atoms with Crippen LogP contribution in [0.1, 0.15) is 28.3 Å². The molecule has 0 amide bonds. The second kappa shape index (κ2) is 6.48. The zero-order chi connectivity index (χ0) is 15.4. The first-order chi connectivity index (χ1) is 10.7. The summed E-state index contributed by atoms with van der Waals surface area (Å²) in [4.78, 5) is 9.91. The standard InChI is InChI=1S/C17H22N4S/c1-13-10-19-15(22-13)11-20-16(18-2)21-12-17(8-9-17)14-6-4-3-5-7-14/h3-7,10H,8-9,11-12H2,1-2H3,(H2,18,20,21). The molecule has 116 valence electrons. The van der Waals surface area contributed by atoms with E-state index in [0.717, 1.165) is 24.1 Å². The molecule has 1 fully saturated rings. The lowest BCUT2D eigenvalue weighted by Crippen LogP contribution is -2.40. The van der Waals surface area contributed by atoms with Gasteiger partial charge >= 0.3 is 0 Å². The second-order valence-corrected chi connectivity index (χ2v) is 7.11. The Morgan fingerprint density at radius 1 is 1.27 bits per heavy atom. The molecule has 0 saturated heterocycles. The lowest BCUT2D eigenvalue weighted by Gasteiger charge is -2.18. The Labute approximate surface area is 135 Å². The van der Waals surface area contributed by atoms with Crippen LogP contribution in [0.3, 0.4) is 0 Å². The van der Waals surface area contributed by atoms with Crippen LogP contribution in [-0.2, 0) is 12.0 Å². The molecule has 0 unspecified atom stereocenters. The van der Waals surface area contributed by atoms with Crippen LogP contribution in [0.15, 0.2) is 41.5 Å². The molecule has 1 aliphatic rings. The molecule has 3 rings (SSSR count).